The Bertz CT molecular complexity index is 842. The summed E-state index contributed by atoms with van der Waals surface area (Å²) < 4.78 is 5.34. The van der Waals surface area contributed by atoms with Crippen LogP contribution in [-0.4, -0.2) is 12.9 Å². The van der Waals surface area contributed by atoms with Gasteiger partial charge in [0, 0.05) is 11.1 Å². The van der Waals surface area contributed by atoms with Crippen molar-refractivity contribution in [3.8, 4) is 5.75 Å². The van der Waals surface area contributed by atoms with E-state index < -0.39 is 0 Å². The SMILES string of the molecule is COc1cc(C(=O)c2cc(C)cc(C)c2)c2ccccc2c1. The lowest BCUT2D eigenvalue weighted by atomic mass is 9.95. The molecule has 0 heterocycles. The Labute approximate surface area is 130 Å². The highest BCUT2D eigenvalue weighted by atomic mass is 16.5. The van der Waals surface area contributed by atoms with E-state index in [9.17, 15) is 4.79 Å². The maximum atomic E-state index is 13.0. The molecular weight excluding hydrogens is 272 g/mol. The standard InChI is InChI=1S/C20H18O2/c1-13-8-14(2)10-16(9-13)20(21)19-12-17(22-3)11-15-6-4-5-7-18(15)19/h4-12H,1-3H3. The van der Waals surface area contributed by atoms with Crippen molar-refractivity contribution < 1.29 is 9.53 Å². The number of ketones is 1. The summed E-state index contributed by atoms with van der Waals surface area (Å²) in [6, 6.07) is 17.6. The van der Waals surface area contributed by atoms with Gasteiger partial charge in [0.25, 0.3) is 0 Å². The Morgan fingerprint density at radius 3 is 2.27 bits per heavy atom. The minimum absolute atomic E-state index is 0.0295. The molecule has 3 aromatic rings. The molecule has 0 amide bonds. The zero-order valence-electron chi connectivity index (χ0n) is 13.0. The van der Waals surface area contributed by atoms with Crippen LogP contribution in [0.5, 0.6) is 5.75 Å². The Kier molecular flexibility index (Phi) is 3.68. The highest BCUT2D eigenvalue weighted by Gasteiger charge is 2.15. The van der Waals surface area contributed by atoms with Crippen LogP contribution >= 0.6 is 0 Å². The number of carbonyl (C=O) groups is 1. The molecule has 110 valence electrons. The van der Waals surface area contributed by atoms with E-state index in [1.165, 1.54) is 0 Å². The summed E-state index contributed by atoms with van der Waals surface area (Å²) in [5.74, 6) is 0.730. The second-order valence-electron chi connectivity index (χ2n) is 5.60. The van der Waals surface area contributed by atoms with Gasteiger partial charge in [0.05, 0.1) is 7.11 Å². The van der Waals surface area contributed by atoms with E-state index in [1.54, 1.807) is 7.11 Å². The number of fused-ring (bicyclic) bond motifs is 1. The molecule has 0 saturated carbocycles. The molecule has 0 unspecified atom stereocenters. The highest BCUT2D eigenvalue weighted by Crippen LogP contribution is 2.27. The lowest BCUT2D eigenvalue weighted by Crippen LogP contribution is -2.04. The van der Waals surface area contributed by atoms with E-state index in [2.05, 4.69) is 6.07 Å². The molecule has 0 spiro atoms. The minimum atomic E-state index is 0.0295. The summed E-state index contributed by atoms with van der Waals surface area (Å²) >= 11 is 0. The molecule has 2 nitrogen and oxygen atoms in total. The molecule has 3 rings (SSSR count). The average molecular weight is 290 g/mol. The van der Waals surface area contributed by atoms with Crippen molar-refractivity contribution in [1.29, 1.82) is 0 Å². The lowest BCUT2D eigenvalue weighted by Gasteiger charge is -2.10. The first-order valence-electron chi connectivity index (χ1n) is 7.28. The molecule has 0 saturated heterocycles. The number of benzene rings is 3. The normalized spacial score (nSPS) is 10.7. The van der Waals surface area contributed by atoms with E-state index in [-0.39, 0.29) is 5.78 Å². The molecule has 0 aliphatic rings. The average Bonchev–Trinajstić information content (AvgIpc) is 2.52. The third kappa shape index (κ3) is 2.60. The molecule has 3 aromatic carbocycles. The van der Waals surface area contributed by atoms with Gasteiger partial charge in [0.1, 0.15) is 5.75 Å². The molecule has 0 radical (unpaired) electrons. The van der Waals surface area contributed by atoms with Gasteiger partial charge in [0.15, 0.2) is 5.78 Å². The van der Waals surface area contributed by atoms with Crippen LogP contribution in [0, 0.1) is 13.8 Å². The van der Waals surface area contributed by atoms with Crippen molar-refractivity contribution >= 4 is 16.6 Å². The van der Waals surface area contributed by atoms with Crippen molar-refractivity contribution in [2.75, 3.05) is 7.11 Å². The largest absolute Gasteiger partial charge is 0.497 e. The number of ether oxygens (including phenoxy) is 1. The Morgan fingerprint density at radius 1 is 0.909 bits per heavy atom. The van der Waals surface area contributed by atoms with Gasteiger partial charge in [-0.25, -0.2) is 0 Å². The molecule has 0 atom stereocenters. The van der Waals surface area contributed by atoms with Crippen LogP contribution in [0.15, 0.2) is 54.6 Å². The Morgan fingerprint density at radius 2 is 1.59 bits per heavy atom. The smallest absolute Gasteiger partial charge is 0.193 e. The molecular formula is C20H18O2. The first kappa shape index (κ1) is 14.3. The van der Waals surface area contributed by atoms with Crippen molar-refractivity contribution in [3.63, 3.8) is 0 Å². The number of hydrogen-bond donors (Lipinski definition) is 0. The fourth-order valence-corrected chi connectivity index (χ4v) is 2.85. The summed E-state index contributed by atoms with van der Waals surface area (Å²) in [4.78, 5) is 13.0. The summed E-state index contributed by atoms with van der Waals surface area (Å²) in [5, 5.41) is 1.96. The molecule has 0 bridgehead atoms. The molecule has 0 aliphatic carbocycles. The van der Waals surface area contributed by atoms with Crippen LogP contribution in [0.4, 0.5) is 0 Å². The number of carbonyl (C=O) groups excluding carboxylic acids is 1. The maximum absolute atomic E-state index is 13.0. The lowest BCUT2D eigenvalue weighted by molar-refractivity contribution is 0.104. The van der Waals surface area contributed by atoms with E-state index in [0.29, 0.717) is 11.3 Å². The van der Waals surface area contributed by atoms with E-state index in [4.69, 9.17) is 4.74 Å². The van der Waals surface area contributed by atoms with E-state index >= 15 is 0 Å². The van der Waals surface area contributed by atoms with Gasteiger partial charge in [-0.3, -0.25) is 4.79 Å². The monoisotopic (exact) mass is 290 g/mol. The second kappa shape index (κ2) is 5.64. The van der Waals surface area contributed by atoms with Crippen molar-refractivity contribution in [1.82, 2.24) is 0 Å². The molecule has 22 heavy (non-hydrogen) atoms. The Hall–Kier alpha value is -2.61. The van der Waals surface area contributed by atoms with Crippen molar-refractivity contribution in [2.24, 2.45) is 0 Å². The van der Waals surface area contributed by atoms with Crippen LogP contribution in [0.2, 0.25) is 0 Å². The highest BCUT2D eigenvalue weighted by molar-refractivity contribution is 6.17. The summed E-state index contributed by atoms with van der Waals surface area (Å²) in [7, 11) is 1.62. The zero-order chi connectivity index (χ0) is 15.7. The summed E-state index contributed by atoms with van der Waals surface area (Å²) in [5.41, 5.74) is 3.59. The Balaban J connectivity index is 2.22. The maximum Gasteiger partial charge on any atom is 0.193 e. The van der Waals surface area contributed by atoms with Gasteiger partial charge in [-0.2, -0.15) is 0 Å². The minimum Gasteiger partial charge on any atom is -0.497 e. The fourth-order valence-electron chi connectivity index (χ4n) is 2.85. The van der Waals surface area contributed by atoms with Crippen LogP contribution in [-0.2, 0) is 0 Å². The van der Waals surface area contributed by atoms with E-state index in [1.807, 2.05) is 62.4 Å². The van der Waals surface area contributed by atoms with Crippen LogP contribution in [0.25, 0.3) is 10.8 Å². The fraction of sp³-hybridized carbons (Fsp3) is 0.150. The third-order valence-corrected chi connectivity index (χ3v) is 3.80. The quantitative estimate of drug-likeness (QED) is 0.654. The number of rotatable bonds is 3. The first-order chi connectivity index (χ1) is 10.6. The van der Waals surface area contributed by atoms with Crippen LogP contribution in [0.3, 0.4) is 0 Å². The zero-order valence-corrected chi connectivity index (χ0v) is 13.0. The molecule has 2 heteroatoms. The van der Waals surface area contributed by atoms with Gasteiger partial charge in [0.2, 0.25) is 0 Å². The molecule has 0 N–H and O–H groups in total. The molecule has 0 aliphatic heterocycles. The van der Waals surface area contributed by atoms with Gasteiger partial charge in [-0.1, -0.05) is 41.5 Å². The summed E-state index contributed by atoms with van der Waals surface area (Å²) in [6.07, 6.45) is 0. The van der Waals surface area contributed by atoms with E-state index in [0.717, 1.165) is 27.5 Å². The van der Waals surface area contributed by atoms with Gasteiger partial charge >= 0.3 is 0 Å². The number of hydrogen-bond acceptors (Lipinski definition) is 2. The van der Waals surface area contributed by atoms with Gasteiger partial charge in [-0.05, 0) is 48.9 Å². The van der Waals surface area contributed by atoms with Gasteiger partial charge < -0.3 is 4.74 Å². The predicted octanol–water partition coefficient (Wildman–Crippen LogP) is 4.70. The second-order valence-corrected chi connectivity index (χ2v) is 5.60. The summed E-state index contributed by atoms with van der Waals surface area (Å²) in [6.45, 7) is 4.01. The third-order valence-electron chi connectivity index (χ3n) is 3.80. The molecule has 0 fully saturated rings. The van der Waals surface area contributed by atoms with Crippen molar-refractivity contribution in [3.05, 3.63) is 76.9 Å². The topological polar surface area (TPSA) is 26.3 Å². The molecule has 0 aromatic heterocycles. The first-order valence-corrected chi connectivity index (χ1v) is 7.28. The number of methoxy groups -OCH3 is 1. The van der Waals surface area contributed by atoms with Crippen LogP contribution in [0.1, 0.15) is 27.0 Å². The predicted molar refractivity (Wildman–Crippen MR) is 89.8 cm³/mol. The number of aryl methyl sites for hydroxylation is 2. The van der Waals surface area contributed by atoms with Crippen LogP contribution < -0.4 is 4.74 Å². The van der Waals surface area contributed by atoms with Gasteiger partial charge in [-0.15, -0.1) is 0 Å². The van der Waals surface area contributed by atoms with Crippen molar-refractivity contribution in [2.45, 2.75) is 13.8 Å².